The van der Waals surface area contributed by atoms with Crippen LogP contribution in [0, 0.1) is 0 Å². The van der Waals surface area contributed by atoms with E-state index in [-0.39, 0.29) is 5.57 Å². The van der Waals surface area contributed by atoms with Crippen LogP contribution in [0.25, 0.3) is 0 Å². The van der Waals surface area contributed by atoms with Gasteiger partial charge in [-0.15, -0.1) is 0 Å². The lowest BCUT2D eigenvalue weighted by molar-refractivity contribution is -0.910. The molecule has 0 saturated heterocycles. The number of aliphatic carboxylic acids is 1. The Labute approximate surface area is 126 Å². The number of carboxylic acids is 1. The third kappa shape index (κ3) is 13.6. The van der Waals surface area contributed by atoms with Gasteiger partial charge in [0.15, 0.2) is 0 Å². The molecule has 0 fully saturated rings. The average Bonchev–Trinajstić information content (AvgIpc) is 2.41. The first-order valence-electron chi connectivity index (χ1n) is 8.03. The molecule has 0 rings (SSSR count). The fraction of sp³-hybridized carbons (Fsp3) is 0.824. The van der Waals surface area contributed by atoms with Crippen molar-refractivity contribution in [1.29, 1.82) is 0 Å². The molecule has 0 aliphatic rings. The molecule has 3 nitrogen and oxygen atoms in total. The largest absolute Gasteiger partial charge is 0.545 e. The molecule has 0 aliphatic carbocycles. The van der Waals surface area contributed by atoms with Crippen LogP contribution >= 0.6 is 0 Å². The molecular weight excluding hydrogens is 250 g/mol. The van der Waals surface area contributed by atoms with Gasteiger partial charge in [-0.1, -0.05) is 46.6 Å². The van der Waals surface area contributed by atoms with E-state index in [9.17, 15) is 9.90 Å². The summed E-state index contributed by atoms with van der Waals surface area (Å²) in [6, 6.07) is 0. The normalized spacial score (nSPS) is 10.7. The molecule has 20 heavy (non-hydrogen) atoms. The van der Waals surface area contributed by atoms with Gasteiger partial charge in [0.1, 0.15) is 0 Å². The van der Waals surface area contributed by atoms with Crippen LogP contribution in [0.2, 0.25) is 0 Å². The van der Waals surface area contributed by atoms with Crippen LogP contribution in [-0.2, 0) is 4.79 Å². The number of carbonyl (C=O) groups excluding carboxylic acids is 1. The summed E-state index contributed by atoms with van der Waals surface area (Å²) in [5.74, 6) is -1.19. The van der Waals surface area contributed by atoms with E-state index in [1.54, 1.807) is 0 Å². The lowest BCUT2D eigenvalue weighted by atomic mass is 10.2. The number of nitrogens with zero attached hydrogens (tertiary/aromatic N) is 1. The Bertz CT molecular complexity index is 228. The van der Waals surface area contributed by atoms with Gasteiger partial charge < -0.3 is 14.4 Å². The number of rotatable bonds is 10. The van der Waals surface area contributed by atoms with E-state index in [0.717, 1.165) is 0 Å². The van der Waals surface area contributed by atoms with Gasteiger partial charge in [0.25, 0.3) is 0 Å². The maximum atomic E-state index is 9.49. The van der Waals surface area contributed by atoms with Crippen molar-refractivity contribution < 1.29 is 14.4 Å². The van der Waals surface area contributed by atoms with Crippen LogP contribution < -0.4 is 5.11 Å². The maximum absolute atomic E-state index is 9.49. The minimum Gasteiger partial charge on any atom is -0.545 e. The minimum absolute atomic E-state index is 0.0648. The third-order valence-electron chi connectivity index (χ3n) is 3.50. The summed E-state index contributed by atoms with van der Waals surface area (Å²) in [4.78, 5) is 9.49. The first-order chi connectivity index (χ1) is 9.32. The number of hydrogen-bond donors (Lipinski definition) is 0. The zero-order chi connectivity index (χ0) is 16.0. The van der Waals surface area contributed by atoms with Gasteiger partial charge >= 0.3 is 0 Å². The molecule has 0 amide bonds. The monoisotopic (exact) mass is 285 g/mol. The summed E-state index contributed by atoms with van der Waals surface area (Å²) < 4.78 is 1.32. The quantitative estimate of drug-likeness (QED) is 0.457. The fourth-order valence-electron chi connectivity index (χ4n) is 1.95. The average molecular weight is 285 g/mol. The zero-order valence-electron chi connectivity index (χ0n) is 14.3. The van der Waals surface area contributed by atoms with Gasteiger partial charge in [-0.05, 0) is 31.8 Å². The Morgan fingerprint density at radius 1 is 0.950 bits per heavy atom. The number of hydrogen-bond acceptors (Lipinski definition) is 2. The highest BCUT2D eigenvalue weighted by Crippen LogP contribution is 2.10. The van der Waals surface area contributed by atoms with Crippen molar-refractivity contribution >= 4 is 5.97 Å². The third-order valence-corrected chi connectivity index (χ3v) is 3.50. The number of carbonyl (C=O) groups is 1. The van der Waals surface area contributed by atoms with Crippen LogP contribution in [-0.4, -0.2) is 37.1 Å². The van der Waals surface area contributed by atoms with Crippen molar-refractivity contribution in [3.8, 4) is 0 Å². The van der Waals surface area contributed by atoms with E-state index < -0.39 is 5.97 Å². The molecule has 0 radical (unpaired) electrons. The molecule has 0 N–H and O–H groups in total. The highest BCUT2D eigenvalue weighted by atomic mass is 16.4. The van der Waals surface area contributed by atoms with Gasteiger partial charge in [0, 0.05) is 0 Å². The minimum atomic E-state index is -1.19. The highest BCUT2D eigenvalue weighted by molar-refractivity contribution is 5.82. The Hall–Kier alpha value is -0.830. The topological polar surface area (TPSA) is 40.1 Å². The van der Waals surface area contributed by atoms with E-state index in [1.165, 1.54) is 69.6 Å². The van der Waals surface area contributed by atoms with E-state index in [0.29, 0.717) is 0 Å². The van der Waals surface area contributed by atoms with Gasteiger partial charge in [-0.25, -0.2) is 0 Å². The van der Waals surface area contributed by atoms with Gasteiger partial charge in [0.05, 0.1) is 32.7 Å². The van der Waals surface area contributed by atoms with Crippen molar-refractivity contribution in [1.82, 2.24) is 0 Å². The van der Waals surface area contributed by atoms with Crippen molar-refractivity contribution in [2.45, 2.75) is 66.2 Å². The number of quaternary nitrogens is 1. The molecule has 120 valence electrons. The van der Waals surface area contributed by atoms with Crippen molar-refractivity contribution in [2.75, 3.05) is 26.7 Å². The molecule has 0 atom stereocenters. The van der Waals surface area contributed by atoms with Gasteiger partial charge in [0.2, 0.25) is 0 Å². The van der Waals surface area contributed by atoms with E-state index in [2.05, 4.69) is 34.4 Å². The van der Waals surface area contributed by atoms with Crippen LogP contribution in [0.4, 0.5) is 0 Å². The molecule has 0 heterocycles. The second-order valence-corrected chi connectivity index (χ2v) is 5.92. The van der Waals surface area contributed by atoms with E-state index >= 15 is 0 Å². The summed E-state index contributed by atoms with van der Waals surface area (Å²) in [6.07, 6.45) is 8.20. The first-order valence-corrected chi connectivity index (χ1v) is 8.03. The Balaban J connectivity index is 0. The SMILES string of the molecule is C=C(C)C(=O)[O-].CCCC[N+](C)(CCCC)CCCC. The maximum Gasteiger partial charge on any atom is 0.0784 e. The second-order valence-electron chi connectivity index (χ2n) is 5.92. The standard InChI is InChI=1S/C13H30N.C4H6O2/c1-5-8-11-14(4,12-9-6-2)13-10-7-3;1-3(2)4(5)6/h5-13H2,1-4H3;1H2,2H3,(H,5,6)/q+1;/p-1. The Morgan fingerprint density at radius 2 is 1.20 bits per heavy atom. The predicted octanol–water partition coefficient (Wildman–Crippen LogP) is 3.15. The Morgan fingerprint density at radius 3 is 1.35 bits per heavy atom. The molecule has 3 heteroatoms. The molecule has 0 aromatic heterocycles. The zero-order valence-corrected chi connectivity index (χ0v) is 14.3. The predicted molar refractivity (Wildman–Crippen MR) is 85.3 cm³/mol. The molecule has 0 unspecified atom stereocenters. The van der Waals surface area contributed by atoms with Crippen LogP contribution in [0.5, 0.6) is 0 Å². The number of carboxylic acid groups (broad SMARTS) is 1. The molecule has 0 aliphatic heterocycles. The lowest BCUT2D eigenvalue weighted by Crippen LogP contribution is -2.46. The summed E-state index contributed by atoms with van der Waals surface area (Å²) in [7, 11) is 2.45. The van der Waals surface area contributed by atoms with Crippen molar-refractivity contribution in [3.63, 3.8) is 0 Å². The summed E-state index contributed by atoms with van der Waals surface area (Å²) in [6.45, 7) is 15.5. The molecule has 0 saturated carbocycles. The van der Waals surface area contributed by atoms with Gasteiger partial charge in [-0.3, -0.25) is 0 Å². The van der Waals surface area contributed by atoms with E-state index in [4.69, 9.17) is 0 Å². The summed E-state index contributed by atoms with van der Waals surface area (Å²) in [5, 5.41) is 9.49. The van der Waals surface area contributed by atoms with Crippen LogP contribution in [0.3, 0.4) is 0 Å². The van der Waals surface area contributed by atoms with Gasteiger partial charge in [-0.2, -0.15) is 0 Å². The molecular formula is C17H35NO2. The lowest BCUT2D eigenvalue weighted by Gasteiger charge is -2.34. The molecule has 0 aromatic carbocycles. The van der Waals surface area contributed by atoms with Crippen LogP contribution in [0.1, 0.15) is 66.2 Å². The van der Waals surface area contributed by atoms with Crippen molar-refractivity contribution in [2.24, 2.45) is 0 Å². The highest BCUT2D eigenvalue weighted by Gasteiger charge is 2.18. The molecule has 0 spiro atoms. The molecule has 0 bridgehead atoms. The van der Waals surface area contributed by atoms with Crippen molar-refractivity contribution in [3.05, 3.63) is 12.2 Å². The second kappa shape index (κ2) is 13.2. The summed E-state index contributed by atoms with van der Waals surface area (Å²) in [5.41, 5.74) is 0.0648. The Kier molecular flexibility index (Phi) is 14.1. The first kappa shape index (κ1) is 21.5. The number of unbranched alkanes of at least 4 members (excludes halogenated alkanes) is 3. The van der Waals surface area contributed by atoms with Crippen LogP contribution in [0.15, 0.2) is 12.2 Å². The fourth-order valence-corrected chi connectivity index (χ4v) is 1.95. The summed E-state index contributed by atoms with van der Waals surface area (Å²) >= 11 is 0. The molecule has 0 aromatic rings. The van der Waals surface area contributed by atoms with E-state index in [1.807, 2.05) is 0 Å². The smallest absolute Gasteiger partial charge is 0.0784 e.